The Labute approximate surface area is 173 Å². The first-order chi connectivity index (χ1) is 14.0. The van der Waals surface area contributed by atoms with Crippen molar-refractivity contribution in [3.8, 4) is 5.75 Å². The normalized spacial score (nSPS) is 14.9. The Bertz CT molecular complexity index is 890. The number of rotatable bonds is 7. The number of nitrogens with one attached hydrogen (secondary N) is 2. The molecular formula is C20H24N4O4S. The minimum Gasteiger partial charge on any atom is -0.495 e. The number of para-hydroxylation sites is 2. The van der Waals surface area contributed by atoms with E-state index < -0.39 is 5.91 Å². The van der Waals surface area contributed by atoms with Crippen LogP contribution in [0, 0.1) is 5.92 Å². The van der Waals surface area contributed by atoms with Crippen molar-refractivity contribution in [2.24, 2.45) is 11.7 Å². The molecule has 3 rings (SSSR count). The van der Waals surface area contributed by atoms with Crippen molar-refractivity contribution in [1.82, 2.24) is 4.90 Å². The molecule has 4 N–H and O–H groups in total. The molecular weight excluding hydrogens is 392 g/mol. The number of ether oxygens (including phenoxy) is 1. The van der Waals surface area contributed by atoms with Gasteiger partial charge >= 0.3 is 0 Å². The van der Waals surface area contributed by atoms with E-state index in [0.717, 1.165) is 0 Å². The second-order valence-corrected chi connectivity index (χ2v) is 7.73. The highest BCUT2D eigenvalue weighted by molar-refractivity contribution is 7.14. The number of anilines is 2. The SMILES string of the molecule is COc1ccccc1NC(=O)C1CCN(CC(=O)Nc2sccc2C(N)=O)CC1. The maximum Gasteiger partial charge on any atom is 0.251 e. The van der Waals surface area contributed by atoms with Crippen molar-refractivity contribution in [2.45, 2.75) is 12.8 Å². The Morgan fingerprint density at radius 2 is 1.90 bits per heavy atom. The molecule has 1 aromatic heterocycles. The highest BCUT2D eigenvalue weighted by Crippen LogP contribution is 2.26. The molecule has 0 aliphatic carbocycles. The van der Waals surface area contributed by atoms with Gasteiger partial charge in [0.05, 0.1) is 24.9 Å². The van der Waals surface area contributed by atoms with Gasteiger partial charge in [0, 0.05) is 5.92 Å². The third-order valence-corrected chi connectivity index (χ3v) is 5.70. The first kappa shape index (κ1) is 20.8. The number of benzene rings is 1. The summed E-state index contributed by atoms with van der Waals surface area (Å²) in [7, 11) is 1.57. The number of carbonyl (C=O) groups excluding carboxylic acids is 3. The molecule has 0 saturated carbocycles. The van der Waals surface area contributed by atoms with Crippen molar-refractivity contribution < 1.29 is 19.1 Å². The number of nitrogens with two attached hydrogens (primary N) is 1. The van der Waals surface area contributed by atoms with Gasteiger partial charge in [0.2, 0.25) is 11.8 Å². The predicted octanol–water partition coefficient (Wildman–Crippen LogP) is 2.14. The molecule has 154 valence electrons. The van der Waals surface area contributed by atoms with Gasteiger partial charge in [-0.3, -0.25) is 19.3 Å². The third kappa shape index (κ3) is 5.33. The van der Waals surface area contributed by atoms with Crippen LogP contribution >= 0.6 is 11.3 Å². The monoisotopic (exact) mass is 416 g/mol. The summed E-state index contributed by atoms with van der Waals surface area (Å²) in [6.45, 7) is 1.49. The summed E-state index contributed by atoms with van der Waals surface area (Å²) < 4.78 is 5.27. The molecule has 29 heavy (non-hydrogen) atoms. The lowest BCUT2D eigenvalue weighted by Crippen LogP contribution is -2.41. The fourth-order valence-corrected chi connectivity index (χ4v) is 4.11. The van der Waals surface area contributed by atoms with Gasteiger partial charge in [0.25, 0.3) is 5.91 Å². The highest BCUT2D eigenvalue weighted by atomic mass is 32.1. The topological polar surface area (TPSA) is 114 Å². The minimum atomic E-state index is -0.566. The van der Waals surface area contributed by atoms with E-state index in [1.54, 1.807) is 30.7 Å². The lowest BCUT2D eigenvalue weighted by Gasteiger charge is -2.30. The molecule has 0 radical (unpaired) electrons. The molecule has 0 atom stereocenters. The molecule has 0 spiro atoms. The molecule has 2 aromatic rings. The Morgan fingerprint density at radius 3 is 2.59 bits per heavy atom. The number of piperidine rings is 1. The molecule has 1 saturated heterocycles. The van der Waals surface area contributed by atoms with E-state index >= 15 is 0 Å². The van der Waals surface area contributed by atoms with E-state index in [9.17, 15) is 14.4 Å². The molecule has 8 nitrogen and oxygen atoms in total. The lowest BCUT2D eigenvalue weighted by molar-refractivity contribution is -0.121. The van der Waals surface area contributed by atoms with Crippen molar-refractivity contribution in [1.29, 1.82) is 0 Å². The Kier molecular flexibility index (Phi) is 6.84. The molecule has 0 bridgehead atoms. The van der Waals surface area contributed by atoms with Gasteiger partial charge in [0.1, 0.15) is 10.8 Å². The number of primary amides is 1. The second-order valence-electron chi connectivity index (χ2n) is 6.82. The number of hydrogen-bond acceptors (Lipinski definition) is 6. The van der Waals surface area contributed by atoms with E-state index in [4.69, 9.17) is 10.5 Å². The van der Waals surface area contributed by atoms with Crippen molar-refractivity contribution in [3.05, 3.63) is 41.3 Å². The molecule has 3 amide bonds. The van der Waals surface area contributed by atoms with Gasteiger partial charge in [-0.25, -0.2) is 0 Å². The third-order valence-electron chi connectivity index (χ3n) is 4.87. The summed E-state index contributed by atoms with van der Waals surface area (Å²) in [5.41, 5.74) is 6.27. The van der Waals surface area contributed by atoms with Gasteiger partial charge in [-0.2, -0.15) is 0 Å². The average molecular weight is 417 g/mol. The molecule has 0 unspecified atom stereocenters. The van der Waals surface area contributed by atoms with E-state index in [2.05, 4.69) is 10.6 Å². The van der Waals surface area contributed by atoms with Gasteiger partial charge < -0.3 is 21.1 Å². The lowest BCUT2D eigenvalue weighted by atomic mass is 9.95. The summed E-state index contributed by atoms with van der Waals surface area (Å²) in [6, 6.07) is 8.89. The van der Waals surface area contributed by atoms with Crippen molar-refractivity contribution in [3.63, 3.8) is 0 Å². The number of amides is 3. The van der Waals surface area contributed by atoms with E-state index in [1.807, 2.05) is 17.0 Å². The summed E-state index contributed by atoms with van der Waals surface area (Å²) in [4.78, 5) is 38.2. The van der Waals surface area contributed by atoms with Crippen LogP contribution in [0.15, 0.2) is 35.7 Å². The molecule has 2 heterocycles. The molecule has 1 aromatic carbocycles. The maximum atomic E-state index is 12.6. The number of methoxy groups -OCH3 is 1. The van der Waals surface area contributed by atoms with Crippen LogP contribution in [0.5, 0.6) is 5.75 Å². The molecule has 1 aliphatic rings. The Balaban J connectivity index is 1.47. The van der Waals surface area contributed by atoms with Gasteiger partial charge in [0.15, 0.2) is 0 Å². The standard InChI is InChI=1S/C20H24N4O4S/c1-28-16-5-3-2-4-15(16)22-19(27)13-6-9-24(10-7-13)12-17(25)23-20-14(18(21)26)8-11-29-20/h2-5,8,11,13H,6-7,9-10,12H2,1H3,(H2,21,26)(H,22,27)(H,23,25). The predicted molar refractivity (Wildman–Crippen MR) is 112 cm³/mol. The molecule has 1 aliphatic heterocycles. The Morgan fingerprint density at radius 1 is 1.17 bits per heavy atom. The highest BCUT2D eigenvalue weighted by Gasteiger charge is 2.26. The van der Waals surface area contributed by atoms with Gasteiger partial charge in [-0.05, 0) is 49.5 Å². The van der Waals surface area contributed by atoms with Crippen LogP contribution in [0.4, 0.5) is 10.7 Å². The largest absolute Gasteiger partial charge is 0.495 e. The van der Waals surface area contributed by atoms with Crippen LogP contribution in [-0.2, 0) is 9.59 Å². The summed E-state index contributed by atoms with van der Waals surface area (Å²) >= 11 is 1.26. The zero-order valence-corrected chi connectivity index (χ0v) is 17.0. The zero-order chi connectivity index (χ0) is 20.8. The quantitative estimate of drug-likeness (QED) is 0.640. The number of likely N-dealkylation sites (tertiary alicyclic amines) is 1. The maximum absolute atomic E-state index is 12.6. The Hall–Kier alpha value is -2.91. The van der Waals surface area contributed by atoms with Gasteiger partial charge in [-0.1, -0.05) is 12.1 Å². The van der Waals surface area contributed by atoms with Crippen LogP contribution in [0.3, 0.4) is 0 Å². The fraction of sp³-hybridized carbons (Fsp3) is 0.350. The first-order valence-corrected chi connectivity index (χ1v) is 10.2. The van der Waals surface area contributed by atoms with E-state index in [1.165, 1.54) is 11.3 Å². The van der Waals surface area contributed by atoms with Crippen LogP contribution in [-0.4, -0.2) is 49.4 Å². The van der Waals surface area contributed by atoms with E-state index in [0.29, 0.717) is 47.9 Å². The second kappa shape index (κ2) is 9.53. The molecule has 9 heteroatoms. The van der Waals surface area contributed by atoms with Crippen LogP contribution in [0.1, 0.15) is 23.2 Å². The van der Waals surface area contributed by atoms with Crippen LogP contribution in [0.25, 0.3) is 0 Å². The molecule has 1 fully saturated rings. The number of thiophene rings is 1. The van der Waals surface area contributed by atoms with Crippen LogP contribution in [0.2, 0.25) is 0 Å². The summed E-state index contributed by atoms with van der Waals surface area (Å²) in [6.07, 6.45) is 1.33. The minimum absolute atomic E-state index is 0.0386. The van der Waals surface area contributed by atoms with Crippen molar-refractivity contribution >= 4 is 39.7 Å². The zero-order valence-electron chi connectivity index (χ0n) is 16.1. The van der Waals surface area contributed by atoms with Gasteiger partial charge in [-0.15, -0.1) is 11.3 Å². The number of nitrogens with zero attached hydrogens (tertiary/aromatic N) is 1. The number of hydrogen-bond donors (Lipinski definition) is 3. The number of carbonyl (C=O) groups is 3. The fourth-order valence-electron chi connectivity index (χ4n) is 3.31. The average Bonchev–Trinajstić information content (AvgIpc) is 3.17. The summed E-state index contributed by atoms with van der Waals surface area (Å²) in [5, 5.41) is 7.85. The first-order valence-electron chi connectivity index (χ1n) is 9.31. The van der Waals surface area contributed by atoms with Crippen molar-refractivity contribution in [2.75, 3.05) is 37.4 Å². The van der Waals surface area contributed by atoms with Crippen LogP contribution < -0.4 is 21.1 Å². The summed E-state index contributed by atoms with van der Waals surface area (Å²) in [5.74, 6) is -0.296. The smallest absolute Gasteiger partial charge is 0.251 e. The van der Waals surface area contributed by atoms with E-state index in [-0.39, 0.29) is 24.3 Å².